The lowest BCUT2D eigenvalue weighted by Crippen LogP contribution is -2.24. The molecule has 0 bridgehead atoms. The average Bonchev–Trinajstić information content (AvgIpc) is 2.02. The van der Waals surface area contributed by atoms with Crippen LogP contribution in [0.2, 0.25) is 0 Å². The number of carbonyl (C=O) groups excluding carboxylic acids is 1. The van der Waals surface area contributed by atoms with Crippen LogP contribution in [0.1, 0.15) is 15.9 Å². The Bertz CT molecular complexity index is 370. The Balaban J connectivity index is 3.27. The maximum absolute atomic E-state index is 12.6. The molecule has 0 saturated carbocycles. The third-order valence-electron chi connectivity index (χ3n) is 1.51. The summed E-state index contributed by atoms with van der Waals surface area (Å²) < 4.78 is 48.7. The lowest BCUT2D eigenvalue weighted by atomic mass is 10.1. The Morgan fingerprint density at radius 3 is 2.29 bits per heavy atom. The Kier molecular flexibility index (Phi) is 2.46. The van der Waals surface area contributed by atoms with Crippen LogP contribution in [0.25, 0.3) is 0 Å². The summed E-state index contributed by atoms with van der Waals surface area (Å²) in [7, 11) is 0. The van der Waals surface area contributed by atoms with Gasteiger partial charge in [0.2, 0.25) is 0 Å². The van der Waals surface area contributed by atoms with E-state index >= 15 is 0 Å². The van der Waals surface area contributed by atoms with Crippen LogP contribution < -0.4 is 5.11 Å². The zero-order valence-electron chi connectivity index (χ0n) is 6.56. The van der Waals surface area contributed by atoms with Gasteiger partial charge in [0.15, 0.2) is 0 Å². The summed E-state index contributed by atoms with van der Waals surface area (Å²) in [6.45, 7) is 0. The second-order valence-corrected chi connectivity index (χ2v) is 2.48. The first kappa shape index (κ1) is 10.5. The van der Waals surface area contributed by atoms with Crippen LogP contribution in [-0.4, -0.2) is 5.97 Å². The third-order valence-corrected chi connectivity index (χ3v) is 1.51. The van der Waals surface area contributed by atoms with Crippen molar-refractivity contribution in [3.05, 3.63) is 35.1 Å². The zero-order chi connectivity index (χ0) is 10.9. The van der Waals surface area contributed by atoms with Gasteiger partial charge in [-0.3, -0.25) is 0 Å². The quantitative estimate of drug-likeness (QED) is 0.649. The molecule has 1 rings (SSSR count). The van der Waals surface area contributed by atoms with E-state index in [4.69, 9.17) is 0 Å². The second-order valence-electron chi connectivity index (χ2n) is 2.48. The molecule has 0 atom stereocenters. The topological polar surface area (TPSA) is 40.1 Å². The van der Waals surface area contributed by atoms with Gasteiger partial charge in [0.25, 0.3) is 0 Å². The van der Waals surface area contributed by atoms with Gasteiger partial charge in [-0.25, -0.2) is 4.39 Å². The molecule has 0 amide bonds. The normalized spacial score (nSPS) is 11.4. The van der Waals surface area contributed by atoms with Gasteiger partial charge < -0.3 is 9.90 Å². The van der Waals surface area contributed by atoms with Crippen molar-refractivity contribution >= 4 is 5.97 Å². The van der Waals surface area contributed by atoms with Crippen molar-refractivity contribution in [1.29, 1.82) is 0 Å². The van der Waals surface area contributed by atoms with E-state index in [2.05, 4.69) is 0 Å². The maximum atomic E-state index is 12.6. The Hall–Kier alpha value is -1.59. The van der Waals surface area contributed by atoms with E-state index in [1.165, 1.54) is 0 Å². The van der Waals surface area contributed by atoms with E-state index < -0.39 is 29.1 Å². The molecular weight excluding hydrogens is 204 g/mol. The van der Waals surface area contributed by atoms with E-state index in [0.29, 0.717) is 12.1 Å². The van der Waals surface area contributed by atoms with Crippen molar-refractivity contribution in [3.8, 4) is 0 Å². The fraction of sp³-hybridized carbons (Fsp3) is 0.125. The van der Waals surface area contributed by atoms with Crippen LogP contribution in [0.3, 0.4) is 0 Å². The minimum atomic E-state index is -4.70. The van der Waals surface area contributed by atoms with Crippen molar-refractivity contribution < 1.29 is 27.5 Å². The van der Waals surface area contributed by atoms with E-state index in [-0.39, 0.29) is 6.07 Å². The van der Waals surface area contributed by atoms with Crippen LogP contribution in [0, 0.1) is 5.82 Å². The average molecular weight is 207 g/mol. The summed E-state index contributed by atoms with van der Waals surface area (Å²) in [5, 5.41) is 10.2. The zero-order valence-corrected chi connectivity index (χ0v) is 6.56. The van der Waals surface area contributed by atoms with Gasteiger partial charge in [0.1, 0.15) is 5.82 Å². The van der Waals surface area contributed by atoms with E-state index in [0.717, 1.165) is 0 Å². The van der Waals surface area contributed by atoms with Crippen molar-refractivity contribution in [2.24, 2.45) is 0 Å². The highest BCUT2D eigenvalue weighted by atomic mass is 19.4. The van der Waals surface area contributed by atoms with Gasteiger partial charge in [-0.2, -0.15) is 13.2 Å². The number of benzene rings is 1. The molecule has 0 heterocycles. The van der Waals surface area contributed by atoms with Crippen molar-refractivity contribution in [2.45, 2.75) is 6.18 Å². The summed E-state index contributed by atoms with van der Waals surface area (Å²) in [6, 6.07) is 1.10. The highest BCUT2D eigenvalue weighted by molar-refractivity contribution is 5.86. The number of hydrogen-bond donors (Lipinski definition) is 0. The van der Waals surface area contributed by atoms with Gasteiger partial charge in [0.05, 0.1) is 11.5 Å². The number of carboxylic acid groups (broad SMARTS) is 1. The first-order chi connectivity index (χ1) is 6.32. The van der Waals surface area contributed by atoms with Crippen LogP contribution in [0.4, 0.5) is 17.6 Å². The van der Waals surface area contributed by atoms with Crippen molar-refractivity contribution in [2.75, 3.05) is 0 Å². The minimum absolute atomic E-state index is 0.199. The SMILES string of the molecule is O=C([O-])c1cc(C(F)(F)F)ccc1F. The molecule has 0 aromatic heterocycles. The summed E-state index contributed by atoms with van der Waals surface area (Å²) in [5.41, 5.74) is -2.32. The van der Waals surface area contributed by atoms with Crippen LogP contribution in [0.5, 0.6) is 0 Å². The summed E-state index contributed by atoms with van der Waals surface area (Å²) in [4.78, 5) is 10.2. The fourth-order valence-electron chi connectivity index (χ4n) is 0.858. The summed E-state index contributed by atoms with van der Waals surface area (Å²) in [5.74, 6) is -3.23. The van der Waals surface area contributed by atoms with Crippen molar-refractivity contribution in [3.63, 3.8) is 0 Å². The summed E-state index contributed by atoms with van der Waals surface area (Å²) >= 11 is 0. The van der Waals surface area contributed by atoms with E-state index in [9.17, 15) is 27.5 Å². The number of carbonyl (C=O) groups is 1. The van der Waals surface area contributed by atoms with Gasteiger partial charge in [-0.1, -0.05) is 0 Å². The largest absolute Gasteiger partial charge is 0.545 e. The molecule has 2 nitrogen and oxygen atoms in total. The van der Waals surface area contributed by atoms with Gasteiger partial charge in [-0.15, -0.1) is 0 Å². The van der Waals surface area contributed by atoms with Gasteiger partial charge >= 0.3 is 6.18 Å². The molecule has 0 aliphatic heterocycles. The standard InChI is InChI=1S/C8H4F4O2/c9-6-2-1-4(8(10,11)12)3-5(6)7(13)14/h1-3H,(H,13,14)/p-1. The molecular formula is C8H3F4O2-. The first-order valence-electron chi connectivity index (χ1n) is 3.40. The Labute approximate surface area is 75.8 Å². The van der Waals surface area contributed by atoms with Gasteiger partial charge in [0, 0.05) is 5.56 Å². The molecule has 0 saturated heterocycles. The number of halogens is 4. The van der Waals surface area contributed by atoms with Crippen LogP contribution in [0.15, 0.2) is 18.2 Å². The molecule has 0 spiro atoms. The lowest BCUT2D eigenvalue weighted by molar-refractivity contribution is -0.255. The lowest BCUT2D eigenvalue weighted by Gasteiger charge is -2.09. The summed E-state index contributed by atoms with van der Waals surface area (Å²) in [6.07, 6.45) is -4.70. The van der Waals surface area contributed by atoms with E-state index in [1.807, 2.05) is 0 Å². The molecule has 0 unspecified atom stereocenters. The highest BCUT2D eigenvalue weighted by Crippen LogP contribution is 2.30. The highest BCUT2D eigenvalue weighted by Gasteiger charge is 2.31. The van der Waals surface area contributed by atoms with Gasteiger partial charge in [-0.05, 0) is 18.2 Å². The molecule has 0 aliphatic rings. The van der Waals surface area contributed by atoms with Crippen molar-refractivity contribution in [1.82, 2.24) is 0 Å². The maximum Gasteiger partial charge on any atom is 0.416 e. The Morgan fingerprint density at radius 1 is 1.29 bits per heavy atom. The Morgan fingerprint density at radius 2 is 1.86 bits per heavy atom. The smallest absolute Gasteiger partial charge is 0.416 e. The molecule has 0 fully saturated rings. The number of carboxylic acids is 1. The second kappa shape index (κ2) is 3.28. The number of aromatic carboxylic acids is 1. The minimum Gasteiger partial charge on any atom is -0.545 e. The molecule has 0 aliphatic carbocycles. The predicted octanol–water partition coefficient (Wildman–Crippen LogP) is 1.21. The molecule has 0 radical (unpaired) electrons. The molecule has 6 heteroatoms. The number of alkyl halides is 3. The monoisotopic (exact) mass is 207 g/mol. The first-order valence-corrected chi connectivity index (χ1v) is 3.40. The molecule has 1 aromatic rings. The predicted molar refractivity (Wildman–Crippen MR) is 35.7 cm³/mol. The van der Waals surface area contributed by atoms with E-state index in [1.54, 1.807) is 0 Å². The van der Waals surface area contributed by atoms with Crippen LogP contribution in [-0.2, 0) is 6.18 Å². The fourth-order valence-corrected chi connectivity index (χ4v) is 0.858. The van der Waals surface area contributed by atoms with Crippen LogP contribution >= 0.6 is 0 Å². The molecule has 1 aromatic carbocycles. The number of hydrogen-bond acceptors (Lipinski definition) is 2. The molecule has 0 N–H and O–H groups in total. The number of rotatable bonds is 1. The third kappa shape index (κ3) is 2.01. The molecule has 76 valence electrons. The molecule has 14 heavy (non-hydrogen) atoms.